The van der Waals surface area contributed by atoms with Crippen LogP contribution in [0.1, 0.15) is 52.0 Å². The SMILES string of the molecule is CCNc1ncnc(N(C)C(C)C2CC2)c1C(C)C. The van der Waals surface area contributed by atoms with Gasteiger partial charge in [-0.1, -0.05) is 13.8 Å². The third kappa shape index (κ3) is 2.99. The molecule has 0 amide bonds. The molecule has 1 aromatic rings. The number of rotatable bonds is 6. The van der Waals surface area contributed by atoms with E-state index < -0.39 is 0 Å². The third-order valence-electron chi connectivity index (χ3n) is 4.03. The molecule has 1 aromatic heterocycles. The Balaban J connectivity index is 2.34. The monoisotopic (exact) mass is 262 g/mol. The lowest BCUT2D eigenvalue weighted by atomic mass is 10.0. The Morgan fingerprint density at radius 1 is 1.32 bits per heavy atom. The number of hydrogen-bond acceptors (Lipinski definition) is 4. The van der Waals surface area contributed by atoms with Crippen molar-refractivity contribution in [3.05, 3.63) is 11.9 Å². The van der Waals surface area contributed by atoms with Crippen LogP contribution in [0, 0.1) is 5.92 Å². The predicted molar refractivity (Wildman–Crippen MR) is 80.9 cm³/mol. The minimum atomic E-state index is 0.416. The summed E-state index contributed by atoms with van der Waals surface area (Å²) in [4.78, 5) is 11.3. The first-order valence-electron chi connectivity index (χ1n) is 7.37. The van der Waals surface area contributed by atoms with E-state index in [2.05, 4.69) is 54.9 Å². The Bertz CT molecular complexity index is 426. The summed E-state index contributed by atoms with van der Waals surface area (Å²) in [5, 5.41) is 3.36. The van der Waals surface area contributed by atoms with Gasteiger partial charge in [-0.25, -0.2) is 9.97 Å². The maximum Gasteiger partial charge on any atom is 0.137 e. The number of nitrogens with zero attached hydrogens (tertiary/aromatic N) is 3. The molecule has 0 aliphatic heterocycles. The maximum absolute atomic E-state index is 4.55. The van der Waals surface area contributed by atoms with E-state index >= 15 is 0 Å². The highest BCUT2D eigenvalue weighted by Gasteiger charge is 2.32. The molecule has 1 heterocycles. The van der Waals surface area contributed by atoms with Crippen LogP contribution < -0.4 is 10.2 Å². The van der Waals surface area contributed by atoms with Crippen molar-refractivity contribution in [3.8, 4) is 0 Å². The van der Waals surface area contributed by atoms with Crippen molar-refractivity contribution >= 4 is 11.6 Å². The quantitative estimate of drug-likeness (QED) is 0.854. The van der Waals surface area contributed by atoms with Crippen molar-refractivity contribution in [3.63, 3.8) is 0 Å². The minimum Gasteiger partial charge on any atom is -0.370 e. The van der Waals surface area contributed by atoms with E-state index in [1.54, 1.807) is 6.33 Å². The highest BCUT2D eigenvalue weighted by molar-refractivity contribution is 5.60. The zero-order valence-electron chi connectivity index (χ0n) is 12.8. The Labute approximate surface area is 116 Å². The van der Waals surface area contributed by atoms with Crippen LogP contribution in [-0.2, 0) is 0 Å². The van der Waals surface area contributed by atoms with Gasteiger partial charge in [0, 0.05) is 25.2 Å². The van der Waals surface area contributed by atoms with Crippen molar-refractivity contribution in [2.45, 2.75) is 52.5 Å². The van der Waals surface area contributed by atoms with Gasteiger partial charge in [-0.3, -0.25) is 0 Å². The van der Waals surface area contributed by atoms with Gasteiger partial charge in [0.25, 0.3) is 0 Å². The van der Waals surface area contributed by atoms with Gasteiger partial charge in [-0.05, 0) is 38.5 Å². The molecule has 19 heavy (non-hydrogen) atoms. The molecule has 1 aliphatic carbocycles. The smallest absolute Gasteiger partial charge is 0.137 e. The summed E-state index contributed by atoms with van der Waals surface area (Å²) in [5.41, 5.74) is 1.24. The van der Waals surface area contributed by atoms with Gasteiger partial charge in [0.15, 0.2) is 0 Å². The predicted octanol–water partition coefficient (Wildman–Crippen LogP) is 3.27. The van der Waals surface area contributed by atoms with Gasteiger partial charge in [0.1, 0.15) is 18.0 Å². The molecule has 1 atom stereocenters. The molecule has 0 bridgehead atoms. The van der Waals surface area contributed by atoms with Crippen LogP contribution in [0.2, 0.25) is 0 Å². The Hall–Kier alpha value is -1.32. The molecule has 1 N–H and O–H groups in total. The van der Waals surface area contributed by atoms with Crippen LogP contribution >= 0.6 is 0 Å². The average Bonchev–Trinajstić information content (AvgIpc) is 3.21. The van der Waals surface area contributed by atoms with E-state index in [0.29, 0.717) is 12.0 Å². The van der Waals surface area contributed by atoms with Crippen molar-refractivity contribution < 1.29 is 0 Å². The first-order valence-corrected chi connectivity index (χ1v) is 7.37. The maximum atomic E-state index is 4.55. The largest absolute Gasteiger partial charge is 0.370 e. The van der Waals surface area contributed by atoms with E-state index in [9.17, 15) is 0 Å². The average molecular weight is 262 g/mol. The van der Waals surface area contributed by atoms with Gasteiger partial charge in [-0.2, -0.15) is 0 Å². The first kappa shape index (κ1) is 14.1. The Morgan fingerprint density at radius 2 is 2.00 bits per heavy atom. The van der Waals surface area contributed by atoms with Crippen molar-refractivity contribution in [2.24, 2.45) is 5.92 Å². The summed E-state index contributed by atoms with van der Waals surface area (Å²) in [6.45, 7) is 9.70. The van der Waals surface area contributed by atoms with Gasteiger partial charge < -0.3 is 10.2 Å². The highest BCUT2D eigenvalue weighted by Crippen LogP contribution is 2.38. The lowest BCUT2D eigenvalue weighted by molar-refractivity contribution is 0.599. The van der Waals surface area contributed by atoms with E-state index in [0.717, 1.165) is 24.1 Å². The number of anilines is 2. The van der Waals surface area contributed by atoms with Crippen LogP contribution in [0.5, 0.6) is 0 Å². The number of nitrogens with one attached hydrogen (secondary N) is 1. The molecule has 0 spiro atoms. The summed E-state index contributed by atoms with van der Waals surface area (Å²) in [7, 11) is 2.16. The fraction of sp³-hybridized carbons (Fsp3) is 0.733. The third-order valence-corrected chi connectivity index (χ3v) is 4.03. The van der Waals surface area contributed by atoms with Crippen molar-refractivity contribution in [1.82, 2.24) is 9.97 Å². The molecule has 1 unspecified atom stereocenters. The summed E-state index contributed by atoms with van der Waals surface area (Å²) in [6, 6.07) is 0.557. The van der Waals surface area contributed by atoms with Crippen molar-refractivity contribution in [2.75, 3.05) is 23.8 Å². The van der Waals surface area contributed by atoms with E-state index in [-0.39, 0.29) is 0 Å². The van der Waals surface area contributed by atoms with Crippen LogP contribution in [0.4, 0.5) is 11.6 Å². The van der Waals surface area contributed by atoms with Crippen LogP contribution in [0.3, 0.4) is 0 Å². The molecular formula is C15H26N4. The van der Waals surface area contributed by atoms with Crippen LogP contribution in [0.15, 0.2) is 6.33 Å². The molecule has 1 saturated carbocycles. The summed E-state index contributed by atoms with van der Waals surface area (Å²) in [5.74, 6) is 3.32. The summed E-state index contributed by atoms with van der Waals surface area (Å²) >= 11 is 0. The van der Waals surface area contributed by atoms with Crippen molar-refractivity contribution in [1.29, 1.82) is 0 Å². The fourth-order valence-corrected chi connectivity index (χ4v) is 2.60. The molecule has 4 nitrogen and oxygen atoms in total. The highest BCUT2D eigenvalue weighted by atomic mass is 15.2. The standard InChI is InChI=1S/C15H26N4/c1-6-16-14-13(10(2)3)15(18-9-17-14)19(5)11(4)12-7-8-12/h9-12H,6-8H2,1-5H3,(H,16,17,18). The van der Waals surface area contributed by atoms with Gasteiger partial charge in [0.05, 0.1) is 0 Å². The van der Waals surface area contributed by atoms with E-state index in [1.165, 1.54) is 18.4 Å². The van der Waals surface area contributed by atoms with Gasteiger partial charge in [0.2, 0.25) is 0 Å². The second kappa shape index (κ2) is 5.76. The Kier molecular flexibility index (Phi) is 4.27. The second-order valence-electron chi connectivity index (χ2n) is 5.83. The van der Waals surface area contributed by atoms with Gasteiger partial charge >= 0.3 is 0 Å². The first-order chi connectivity index (χ1) is 9.06. The lowest BCUT2D eigenvalue weighted by Crippen LogP contribution is -2.32. The second-order valence-corrected chi connectivity index (χ2v) is 5.83. The van der Waals surface area contributed by atoms with E-state index in [4.69, 9.17) is 0 Å². The summed E-state index contributed by atoms with van der Waals surface area (Å²) < 4.78 is 0. The molecule has 0 aromatic carbocycles. The molecular weight excluding hydrogens is 236 g/mol. The fourth-order valence-electron chi connectivity index (χ4n) is 2.60. The van der Waals surface area contributed by atoms with Crippen LogP contribution in [0.25, 0.3) is 0 Å². The normalized spacial score (nSPS) is 16.5. The molecule has 1 aliphatic rings. The number of hydrogen-bond donors (Lipinski definition) is 1. The molecule has 4 heteroatoms. The lowest BCUT2D eigenvalue weighted by Gasteiger charge is -2.29. The number of aromatic nitrogens is 2. The topological polar surface area (TPSA) is 41.1 Å². The summed E-state index contributed by atoms with van der Waals surface area (Å²) in [6.07, 6.45) is 4.39. The molecule has 0 radical (unpaired) electrons. The zero-order chi connectivity index (χ0) is 14.0. The zero-order valence-corrected chi connectivity index (χ0v) is 12.8. The van der Waals surface area contributed by atoms with Gasteiger partial charge in [-0.15, -0.1) is 0 Å². The van der Waals surface area contributed by atoms with E-state index in [1.807, 2.05) is 0 Å². The Morgan fingerprint density at radius 3 is 2.53 bits per heavy atom. The molecule has 106 valence electrons. The van der Waals surface area contributed by atoms with Crippen LogP contribution in [-0.4, -0.2) is 29.6 Å². The molecule has 2 rings (SSSR count). The minimum absolute atomic E-state index is 0.416. The molecule has 0 saturated heterocycles. The molecule has 1 fully saturated rings.